The second kappa shape index (κ2) is 11.5. The van der Waals surface area contributed by atoms with Gasteiger partial charge in [-0.05, 0) is 48.5 Å². The Morgan fingerprint density at radius 3 is 2.61 bits per heavy atom. The molecule has 2 aromatic heterocycles. The van der Waals surface area contributed by atoms with Crippen LogP contribution in [0.4, 0.5) is 0 Å². The molecule has 31 heavy (non-hydrogen) atoms. The summed E-state index contributed by atoms with van der Waals surface area (Å²) in [7, 11) is 1.78. The molecule has 3 aromatic rings. The summed E-state index contributed by atoms with van der Waals surface area (Å²) in [5.74, 6) is 1.52. The molecule has 2 N–H and O–H groups in total. The molecule has 0 saturated carbocycles. The number of benzene rings is 1. The Morgan fingerprint density at radius 2 is 1.94 bits per heavy atom. The standard InChI is InChI=1S/C23H30ClN7/c1-4-30(5-2)21(19-9-6-7-10-20(19)24)17-28-23(25-3)27-16-18-11-13-26-22(15-18)31-14-8-12-29-31/h6-15,21H,4-5,16-17H2,1-3H3,(H2,25,27,28). The minimum absolute atomic E-state index is 0.148. The quantitative estimate of drug-likeness (QED) is 0.393. The molecule has 0 aliphatic heterocycles. The van der Waals surface area contributed by atoms with Crippen molar-refractivity contribution in [3.63, 3.8) is 0 Å². The van der Waals surface area contributed by atoms with Crippen molar-refractivity contribution in [2.24, 2.45) is 4.99 Å². The van der Waals surface area contributed by atoms with Crippen LogP contribution < -0.4 is 10.6 Å². The lowest BCUT2D eigenvalue weighted by molar-refractivity contribution is 0.219. The molecule has 0 spiro atoms. The number of hydrogen-bond acceptors (Lipinski definition) is 4. The number of aromatic nitrogens is 3. The molecule has 0 aliphatic rings. The van der Waals surface area contributed by atoms with E-state index < -0.39 is 0 Å². The number of likely N-dealkylation sites (N-methyl/N-ethyl adjacent to an activating group) is 1. The molecule has 0 saturated heterocycles. The van der Waals surface area contributed by atoms with Crippen LogP contribution in [-0.4, -0.2) is 52.3 Å². The fraction of sp³-hybridized carbons (Fsp3) is 0.348. The molecule has 1 unspecified atom stereocenters. The van der Waals surface area contributed by atoms with Gasteiger partial charge in [0.05, 0.1) is 6.04 Å². The molecule has 1 atom stereocenters. The van der Waals surface area contributed by atoms with Gasteiger partial charge in [-0.15, -0.1) is 0 Å². The third kappa shape index (κ3) is 6.06. The Labute approximate surface area is 189 Å². The van der Waals surface area contributed by atoms with Crippen molar-refractivity contribution in [2.75, 3.05) is 26.7 Å². The predicted octanol–water partition coefficient (Wildman–Crippen LogP) is 3.67. The Kier molecular flexibility index (Phi) is 8.44. The maximum absolute atomic E-state index is 6.51. The molecule has 0 bridgehead atoms. The fourth-order valence-electron chi connectivity index (χ4n) is 3.55. The van der Waals surface area contributed by atoms with Crippen molar-refractivity contribution >= 4 is 17.6 Å². The second-order valence-corrected chi connectivity index (χ2v) is 7.45. The summed E-state index contributed by atoms with van der Waals surface area (Å²) in [5.41, 5.74) is 2.21. The number of nitrogens with zero attached hydrogens (tertiary/aromatic N) is 5. The van der Waals surface area contributed by atoms with E-state index in [1.54, 1.807) is 24.1 Å². The van der Waals surface area contributed by atoms with E-state index in [-0.39, 0.29) is 6.04 Å². The van der Waals surface area contributed by atoms with Gasteiger partial charge in [0.15, 0.2) is 11.8 Å². The van der Waals surface area contributed by atoms with Gasteiger partial charge < -0.3 is 10.6 Å². The summed E-state index contributed by atoms with van der Waals surface area (Å²) in [4.78, 5) is 11.2. The molecule has 7 nitrogen and oxygen atoms in total. The molecule has 1 aromatic carbocycles. The summed E-state index contributed by atoms with van der Waals surface area (Å²) in [5, 5.41) is 11.9. The van der Waals surface area contributed by atoms with Crippen molar-refractivity contribution in [3.8, 4) is 5.82 Å². The van der Waals surface area contributed by atoms with E-state index in [4.69, 9.17) is 11.6 Å². The minimum Gasteiger partial charge on any atom is -0.354 e. The zero-order valence-electron chi connectivity index (χ0n) is 18.3. The predicted molar refractivity (Wildman–Crippen MR) is 127 cm³/mol. The van der Waals surface area contributed by atoms with E-state index in [0.717, 1.165) is 41.0 Å². The van der Waals surface area contributed by atoms with Gasteiger partial charge in [-0.1, -0.05) is 43.6 Å². The highest BCUT2D eigenvalue weighted by molar-refractivity contribution is 6.31. The number of rotatable bonds is 9. The molecule has 0 aliphatic carbocycles. The van der Waals surface area contributed by atoms with E-state index in [2.05, 4.69) is 50.5 Å². The average molecular weight is 440 g/mol. The van der Waals surface area contributed by atoms with Crippen LogP contribution in [0.2, 0.25) is 5.02 Å². The molecule has 2 heterocycles. The zero-order chi connectivity index (χ0) is 22.1. The van der Waals surface area contributed by atoms with Crippen molar-refractivity contribution in [1.82, 2.24) is 30.3 Å². The number of hydrogen-bond donors (Lipinski definition) is 2. The van der Waals surface area contributed by atoms with Gasteiger partial charge in [0.2, 0.25) is 0 Å². The lowest BCUT2D eigenvalue weighted by Crippen LogP contribution is -2.43. The normalized spacial score (nSPS) is 12.7. The largest absolute Gasteiger partial charge is 0.354 e. The maximum Gasteiger partial charge on any atom is 0.191 e. The smallest absolute Gasteiger partial charge is 0.191 e. The Hall–Kier alpha value is -2.90. The van der Waals surface area contributed by atoms with Crippen LogP contribution in [0.3, 0.4) is 0 Å². The first-order chi connectivity index (χ1) is 15.2. The van der Waals surface area contributed by atoms with Crippen LogP contribution in [0.25, 0.3) is 5.82 Å². The Balaban J connectivity index is 1.65. The van der Waals surface area contributed by atoms with Crippen LogP contribution in [0.15, 0.2) is 66.0 Å². The van der Waals surface area contributed by atoms with Crippen LogP contribution in [0.1, 0.15) is 31.0 Å². The Morgan fingerprint density at radius 1 is 1.13 bits per heavy atom. The highest BCUT2D eigenvalue weighted by Gasteiger charge is 2.20. The first kappa shape index (κ1) is 22.8. The third-order valence-corrected chi connectivity index (χ3v) is 5.56. The minimum atomic E-state index is 0.148. The van der Waals surface area contributed by atoms with Gasteiger partial charge in [-0.3, -0.25) is 9.89 Å². The van der Waals surface area contributed by atoms with Crippen molar-refractivity contribution in [1.29, 1.82) is 0 Å². The number of guanidine groups is 1. The lowest BCUT2D eigenvalue weighted by Gasteiger charge is -2.31. The van der Waals surface area contributed by atoms with Crippen molar-refractivity contribution in [3.05, 3.63) is 77.2 Å². The van der Waals surface area contributed by atoms with Gasteiger partial charge in [-0.2, -0.15) is 5.10 Å². The molecule has 0 amide bonds. The summed E-state index contributed by atoms with van der Waals surface area (Å²) in [6.45, 7) is 7.53. The van der Waals surface area contributed by atoms with Crippen LogP contribution >= 0.6 is 11.6 Å². The highest BCUT2D eigenvalue weighted by Crippen LogP contribution is 2.26. The van der Waals surface area contributed by atoms with E-state index >= 15 is 0 Å². The maximum atomic E-state index is 6.51. The van der Waals surface area contributed by atoms with Gasteiger partial charge in [0.25, 0.3) is 0 Å². The van der Waals surface area contributed by atoms with Gasteiger partial charge in [0.1, 0.15) is 0 Å². The number of aliphatic imine (C=N–C) groups is 1. The summed E-state index contributed by atoms with van der Waals surface area (Å²) >= 11 is 6.51. The zero-order valence-corrected chi connectivity index (χ0v) is 19.0. The highest BCUT2D eigenvalue weighted by atomic mass is 35.5. The van der Waals surface area contributed by atoms with E-state index in [1.807, 2.05) is 42.6 Å². The van der Waals surface area contributed by atoms with Gasteiger partial charge in [0, 0.05) is 43.8 Å². The molecular formula is C23H30ClN7. The molecule has 0 radical (unpaired) electrons. The van der Waals surface area contributed by atoms with Crippen LogP contribution in [0, 0.1) is 0 Å². The van der Waals surface area contributed by atoms with Crippen molar-refractivity contribution in [2.45, 2.75) is 26.4 Å². The average Bonchev–Trinajstić information content (AvgIpc) is 3.34. The first-order valence-corrected chi connectivity index (χ1v) is 10.9. The molecule has 164 valence electrons. The summed E-state index contributed by atoms with van der Waals surface area (Å²) in [6, 6.07) is 14.1. The second-order valence-electron chi connectivity index (χ2n) is 7.04. The van der Waals surface area contributed by atoms with Gasteiger partial charge in [-0.25, -0.2) is 9.67 Å². The molecule has 3 rings (SSSR count). The van der Waals surface area contributed by atoms with Gasteiger partial charge >= 0.3 is 0 Å². The topological polar surface area (TPSA) is 70.4 Å². The van der Waals surface area contributed by atoms with Crippen LogP contribution in [-0.2, 0) is 6.54 Å². The third-order valence-electron chi connectivity index (χ3n) is 5.21. The number of pyridine rings is 1. The number of halogens is 1. The molecule has 0 fully saturated rings. The SMILES string of the molecule is CCN(CC)C(CNC(=NC)NCc1ccnc(-n2cccn2)c1)c1ccccc1Cl. The van der Waals surface area contributed by atoms with Crippen LogP contribution in [0.5, 0.6) is 0 Å². The summed E-state index contributed by atoms with van der Waals surface area (Å²) in [6.07, 6.45) is 5.41. The summed E-state index contributed by atoms with van der Waals surface area (Å²) < 4.78 is 1.74. The molecule has 8 heteroatoms. The van der Waals surface area contributed by atoms with Crippen molar-refractivity contribution < 1.29 is 0 Å². The first-order valence-electron chi connectivity index (χ1n) is 10.5. The van der Waals surface area contributed by atoms with E-state index in [9.17, 15) is 0 Å². The monoisotopic (exact) mass is 439 g/mol. The van der Waals surface area contributed by atoms with E-state index in [1.165, 1.54) is 0 Å². The lowest BCUT2D eigenvalue weighted by atomic mass is 10.0. The fourth-order valence-corrected chi connectivity index (χ4v) is 3.81. The van der Waals surface area contributed by atoms with E-state index in [0.29, 0.717) is 13.1 Å². The Bertz CT molecular complexity index is 968. The molecular weight excluding hydrogens is 410 g/mol. The number of nitrogens with one attached hydrogen (secondary N) is 2.